The van der Waals surface area contributed by atoms with E-state index in [0.717, 1.165) is 5.56 Å². The third-order valence-electron chi connectivity index (χ3n) is 4.18. The lowest BCUT2D eigenvalue weighted by Crippen LogP contribution is -2.14. The van der Waals surface area contributed by atoms with Gasteiger partial charge in [0.15, 0.2) is 0 Å². The van der Waals surface area contributed by atoms with Crippen LogP contribution in [-0.2, 0) is 4.79 Å². The highest BCUT2D eigenvalue weighted by Gasteiger charge is 2.12. The average Bonchev–Trinajstić information content (AvgIpc) is 2.75. The smallest absolute Gasteiger partial charge is 0.343 e. The predicted octanol–water partition coefficient (Wildman–Crippen LogP) is 4.90. The van der Waals surface area contributed by atoms with Gasteiger partial charge in [0, 0.05) is 0 Å². The van der Waals surface area contributed by atoms with Crippen molar-refractivity contribution in [3.8, 4) is 11.8 Å². The third-order valence-corrected chi connectivity index (χ3v) is 4.18. The van der Waals surface area contributed by atoms with E-state index in [1.165, 1.54) is 24.3 Å². The van der Waals surface area contributed by atoms with Crippen molar-refractivity contribution in [3.05, 3.63) is 101 Å². The molecule has 0 spiro atoms. The molecule has 148 valence electrons. The number of rotatable bonds is 5. The number of nitrogens with one attached hydrogen (secondary N) is 1. The summed E-state index contributed by atoms with van der Waals surface area (Å²) in [6.07, 6.45) is 1.36. The monoisotopic (exact) mass is 400 g/mol. The van der Waals surface area contributed by atoms with Gasteiger partial charge in [0.25, 0.3) is 5.91 Å². The summed E-state index contributed by atoms with van der Waals surface area (Å²) in [6.45, 7) is 1.92. The molecule has 1 N–H and O–H groups in total. The molecule has 0 aromatic heterocycles. The van der Waals surface area contributed by atoms with Crippen LogP contribution in [-0.4, -0.2) is 11.9 Å². The molecule has 3 rings (SSSR count). The van der Waals surface area contributed by atoms with E-state index in [9.17, 15) is 19.2 Å². The molecule has 0 radical (unpaired) electrons. The van der Waals surface area contributed by atoms with Crippen LogP contribution in [0.3, 0.4) is 0 Å². The van der Waals surface area contributed by atoms with Crippen molar-refractivity contribution in [3.63, 3.8) is 0 Å². The molecule has 0 saturated heterocycles. The Morgan fingerprint density at radius 3 is 2.30 bits per heavy atom. The highest BCUT2D eigenvalue weighted by Crippen LogP contribution is 2.18. The first-order valence-electron chi connectivity index (χ1n) is 9.03. The Bertz CT molecular complexity index is 1140. The van der Waals surface area contributed by atoms with Crippen LogP contribution in [0, 0.1) is 24.1 Å². The Morgan fingerprint density at radius 1 is 1.00 bits per heavy atom. The molecule has 1 amide bonds. The summed E-state index contributed by atoms with van der Waals surface area (Å²) in [7, 11) is 0. The van der Waals surface area contributed by atoms with E-state index in [1.807, 2.05) is 19.1 Å². The fraction of sp³-hybridized carbons (Fsp3) is 0.0417. The van der Waals surface area contributed by atoms with Gasteiger partial charge in [-0.3, -0.25) is 4.79 Å². The molecule has 0 heterocycles. The van der Waals surface area contributed by atoms with Gasteiger partial charge in [0.2, 0.25) is 0 Å². The highest BCUT2D eigenvalue weighted by molar-refractivity contribution is 6.09. The van der Waals surface area contributed by atoms with Gasteiger partial charge in [-0.25, -0.2) is 9.18 Å². The molecule has 0 fully saturated rings. The number of halogens is 1. The summed E-state index contributed by atoms with van der Waals surface area (Å²) >= 11 is 0. The number of nitrogens with zero attached hydrogens (tertiary/aromatic N) is 1. The van der Waals surface area contributed by atoms with Crippen molar-refractivity contribution >= 4 is 23.6 Å². The molecule has 6 heteroatoms. The lowest BCUT2D eigenvalue weighted by atomic mass is 10.1. The van der Waals surface area contributed by atoms with Crippen molar-refractivity contribution < 1.29 is 18.7 Å². The summed E-state index contributed by atoms with van der Waals surface area (Å²) in [6, 6.07) is 20.8. The topological polar surface area (TPSA) is 79.2 Å². The minimum absolute atomic E-state index is 0.0120. The molecular formula is C24H17FN2O3. The molecule has 30 heavy (non-hydrogen) atoms. The number of hydrogen-bond acceptors (Lipinski definition) is 4. The predicted molar refractivity (Wildman–Crippen MR) is 111 cm³/mol. The molecule has 3 aromatic carbocycles. The van der Waals surface area contributed by atoms with Crippen LogP contribution in [0.1, 0.15) is 21.5 Å². The molecule has 0 unspecified atom stereocenters. The van der Waals surface area contributed by atoms with Crippen LogP contribution in [0.2, 0.25) is 0 Å². The molecule has 0 atom stereocenters. The molecule has 0 bridgehead atoms. The third kappa shape index (κ3) is 5.18. The van der Waals surface area contributed by atoms with Crippen molar-refractivity contribution in [2.24, 2.45) is 0 Å². The molecule has 0 aliphatic rings. The molecule has 0 aliphatic carbocycles. The largest absolute Gasteiger partial charge is 0.423 e. The molecule has 3 aromatic rings. The number of nitriles is 1. The lowest BCUT2D eigenvalue weighted by Gasteiger charge is -2.06. The van der Waals surface area contributed by atoms with Crippen LogP contribution in [0.25, 0.3) is 6.08 Å². The second-order valence-electron chi connectivity index (χ2n) is 6.43. The van der Waals surface area contributed by atoms with Crippen molar-refractivity contribution in [1.82, 2.24) is 0 Å². The number of ether oxygens (including phenoxy) is 1. The van der Waals surface area contributed by atoms with E-state index in [-0.39, 0.29) is 11.3 Å². The standard InChI is InChI=1S/C24H17FN2O3/c1-16-6-10-18(11-7-16)24(29)30-20-12-8-17(9-13-20)14-19(15-26)23(28)27-22-5-3-2-4-21(22)25/h2-14H,1H3,(H,27,28). The van der Waals surface area contributed by atoms with Gasteiger partial charge in [-0.05, 0) is 55.0 Å². The number of aryl methyl sites for hydroxylation is 1. The summed E-state index contributed by atoms with van der Waals surface area (Å²) in [5.41, 5.74) is 1.81. The number of esters is 1. The van der Waals surface area contributed by atoms with Gasteiger partial charge in [-0.1, -0.05) is 42.0 Å². The van der Waals surface area contributed by atoms with Gasteiger partial charge >= 0.3 is 5.97 Å². The van der Waals surface area contributed by atoms with Crippen LogP contribution in [0.15, 0.2) is 78.4 Å². The number of amides is 1. The van der Waals surface area contributed by atoms with Gasteiger partial charge in [0.05, 0.1) is 11.3 Å². The van der Waals surface area contributed by atoms with E-state index in [0.29, 0.717) is 16.9 Å². The van der Waals surface area contributed by atoms with Crippen molar-refractivity contribution in [2.75, 3.05) is 5.32 Å². The molecule has 0 saturated carbocycles. The van der Waals surface area contributed by atoms with E-state index in [4.69, 9.17) is 4.74 Å². The lowest BCUT2D eigenvalue weighted by molar-refractivity contribution is -0.112. The normalized spacial score (nSPS) is 10.8. The zero-order valence-corrected chi connectivity index (χ0v) is 16.1. The first kappa shape index (κ1) is 20.5. The average molecular weight is 400 g/mol. The quantitative estimate of drug-likeness (QED) is 0.286. The molecule has 5 nitrogen and oxygen atoms in total. The molecule has 0 aliphatic heterocycles. The van der Waals surface area contributed by atoms with E-state index in [2.05, 4.69) is 5.32 Å². The summed E-state index contributed by atoms with van der Waals surface area (Å²) in [4.78, 5) is 24.4. The second-order valence-corrected chi connectivity index (χ2v) is 6.43. The van der Waals surface area contributed by atoms with Gasteiger partial charge in [-0.15, -0.1) is 0 Å². The zero-order valence-electron chi connectivity index (χ0n) is 16.1. The van der Waals surface area contributed by atoms with Gasteiger partial charge in [-0.2, -0.15) is 5.26 Å². The Hall–Kier alpha value is -4.24. The summed E-state index contributed by atoms with van der Waals surface area (Å²) < 4.78 is 19.0. The van der Waals surface area contributed by atoms with Crippen molar-refractivity contribution in [2.45, 2.75) is 6.92 Å². The van der Waals surface area contributed by atoms with E-state index >= 15 is 0 Å². The van der Waals surface area contributed by atoms with E-state index < -0.39 is 17.7 Å². The first-order chi connectivity index (χ1) is 14.5. The Kier molecular flexibility index (Phi) is 6.36. The van der Waals surface area contributed by atoms with Crippen molar-refractivity contribution in [1.29, 1.82) is 5.26 Å². The Morgan fingerprint density at radius 2 is 1.67 bits per heavy atom. The molecular weight excluding hydrogens is 383 g/mol. The minimum Gasteiger partial charge on any atom is -0.423 e. The number of carbonyl (C=O) groups excluding carboxylic acids is 2. The van der Waals surface area contributed by atoms with Gasteiger partial charge in [0.1, 0.15) is 23.2 Å². The SMILES string of the molecule is Cc1ccc(C(=O)Oc2ccc(C=C(C#N)C(=O)Nc3ccccc3F)cc2)cc1. The Labute approximate surface area is 173 Å². The fourth-order valence-electron chi connectivity index (χ4n) is 2.56. The number of para-hydroxylation sites is 1. The summed E-state index contributed by atoms with van der Waals surface area (Å²) in [5.74, 6) is -1.48. The van der Waals surface area contributed by atoms with Crippen LogP contribution in [0.4, 0.5) is 10.1 Å². The first-order valence-corrected chi connectivity index (χ1v) is 9.03. The second kappa shape index (κ2) is 9.30. The van der Waals surface area contributed by atoms with Gasteiger partial charge < -0.3 is 10.1 Å². The van der Waals surface area contributed by atoms with E-state index in [1.54, 1.807) is 48.5 Å². The fourth-order valence-corrected chi connectivity index (χ4v) is 2.56. The Balaban J connectivity index is 1.69. The highest BCUT2D eigenvalue weighted by atomic mass is 19.1. The number of benzene rings is 3. The maximum Gasteiger partial charge on any atom is 0.343 e. The maximum absolute atomic E-state index is 13.7. The van der Waals surface area contributed by atoms with Crippen LogP contribution in [0.5, 0.6) is 5.75 Å². The zero-order chi connectivity index (χ0) is 21.5. The maximum atomic E-state index is 13.7. The number of hydrogen-bond donors (Lipinski definition) is 1. The number of carbonyl (C=O) groups is 2. The summed E-state index contributed by atoms with van der Waals surface area (Å²) in [5, 5.41) is 11.6. The van der Waals surface area contributed by atoms with Crippen LogP contribution >= 0.6 is 0 Å². The minimum atomic E-state index is -0.725. The number of anilines is 1. The van der Waals surface area contributed by atoms with Crippen LogP contribution < -0.4 is 10.1 Å².